The van der Waals surface area contributed by atoms with Crippen LogP contribution < -0.4 is 16.0 Å². The topological polar surface area (TPSA) is 65.5 Å². The molecule has 2 aromatic rings. The third kappa shape index (κ3) is 8.00. The fraction of sp³-hybridized carbons (Fsp3) is 0.364. The van der Waals surface area contributed by atoms with Gasteiger partial charge in [-0.2, -0.15) is 0 Å². The molecule has 0 spiro atoms. The number of guanidine groups is 1. The predicted octanol–water partition coefficient (Wildman–Crippen LogP) is 4.15. The normalized spacial score (nSPS) is 12.0. The number of carbonyl (C=O) groups is 1. The van der Waals surface area contributed by atoms with Crippen LogP contribution >= 0.6 is 24.0 Å². The van der Waals surface area contributed by atoms with Crippen molar-refractivity contribution in [2.45, 2.75) is 46.3 Å². The Morgan fingerprint density at radius 2 is 1.66 bits per heavy atom. The molecule has 5 nitrogen and oxygen atoms in total. The van der Waals surface area contributed by atoms with E-state index in [0.717, 1.165) is 17.5 Å². The smallest absolute Gasteiger partial charge is 0.251 e. The van der Waals surface area contributed by atoms with Crippen LogP contribution in [0.5, 0.6) is 0 Å². The number of aliphatic imine (C=N–C) groups is 1. The van der Waals surface area contributed by atoms with E-state index in [9.17, 15) is 9.18 Å². The lowest BCUT2D eigenvalue weighted by atomic mass is 10.1. The first-order valence-electron chi connectivity index (χ1n) is 9.52. The summed E-state index contributed by atoms with van der Waals surface area (Å²) >= 11 is 0. The predicted molar refractivity (Wildman–Crippen MR) is 127 cm³/mol. The van der Waals surface area contributed by atoms with Gasteiger partial charge in [-0.25, -0.2) is 4.39 Å². The summed E-state index contributed by atoms with van der Waals surface area (Å²) in [5.41, 5.74) is 3.30. The minimum atomic E-state index is -0.201. The third-order valence-electron chi connectivity index (χ3n) is 4.57. The first kappa shape index (κ1) is 24.9. The lowest BCUT2D eigenvalue weighted by molar-refractivity contribution is 0.0939. The molecule has 0 aliphatic carbocycles. The van der Waals surface area contributed by atoms with Crippen LogP contribution in [-0.2, 0) is 13.1 Å². The van der Waals surface area contributed by atoms with Crippen LogP contribution in [0.3, 0.4) is 0 Å². The molecule has 1 atom stereocenters. The van der Waals surface area contributed by atoms with Crippen molar-refractivity contribution in [1.82, 2.24) is 16.0 Å². The SMILES string of the molecule is CCC(C)NC(=O)c1ccc(CNC(=NC)NCc2ccc(F)c(C)c2)cc1.I. The van der Waals surface area contributed by atoms with E-state index in [1.54, 1.807) is 20.0 Å². The van der Waals surface area contributed by atoms with Crippen molar-refractivity contribution in [2.24, 2.45) is 4.99 Å². The Kier molecular flexibility index (Phi) is 10.6. The summed E-state index contributed by atoms with van der Waals surface area (Å²) in [6.07, 6.45) is 0.900. The van der Waals surface area contributed by atoms with Crippen molar-refractivity contribution in [1.29, 1.82) is 0 Å². The molecule has 29 heavy (non-hydrogen) atoms. The average Bonchev–Trinajstić information content (AvgIpc) is 2.70. The summed E-state index contributed by atoms with van der Waals surface area (Å²) < 4.78 is 13.3. The zero-order valence-electron chi connectivity index (χ0n) is 17.4. The van der Waals surface area contributed by atoms with E-state index >= 15 is 0 Å². The fourth-order valence-electron chi connectivity index (χ4n) is 2.59. The van der Waals surface area contributed by atoms with Gasteiger partial charge in [0, 0.05) is 31.7 Å². The molecule has 0 aromatic heterocycles. The molecule has 7 heteroatoms. The van der Waals surface area contributed by atoms with Gasteiger partial charge in [-0.3, -0.25) is 9.79 Å². The highest BCUT2D eigenvalue weighted by molar-refractivity contribution is 14.0. The average molecular weight is 512 g/mol. The molecule has 1 unspecified atom stereocenters. The number of hydrogen-bond donors (Lipinski definition) is 3. The lowest BCUT2D eigenvalue weighted by Crippen LogP contribution is -2.36. The minimum Gasteiger partial charge on any atom is -0.352 e. The van der Waals surface area contributed by atoms with Crippen LogP contribution in [-0.4, -0.2) is 25.0 Å². The molecule has 2 rings (SSSR count). The van der Waals surface area contributed by atoms with E-state index in [2.05, 4.69) is 20.9 Å². The summed E-state index contributed by atoms with van der Waals surface area (Å²) in [5, 5.41) is 9.41. The van der Waals surface area contributed by atoms with Gasteiger partial charge >= 0.3 is 0 Å². The Hall–Kier alpha value is -2.16. The van der Waals surface area contributed by atoms with Crippen molar-refractivity contribution < 1.29 is 9.18 Å². The number of benzene rings is 2. The van der Waals surface area contributed by atoms with Crippen molar-refractivity contribution in [3.05, 3.63) is 70.5 Å². The molecule has 2 aromatic carbocycles. The molecule has 0 saturated carbocycles. The summed E-state index contributed by atoms with van der Waals surface area (Å²) in [7, 11) is 1.70. The number of aryl methyl sites for hydroxylation is 1. The molecule has 0 fully saturated rings. The van der Waals surface area contributed by atoms with Crippen molar-refractivity contribution in [3.8, 4) is 0 Å². The molecule has 0 aliphatic rings. The third-order valence-corrected chi connectivity index (χ3v) is 4.57. The maximum atomic E-state index is 13.3. The highest BCUT2D eigenvalue weighted by atomic mass is 127. The Labute approximate surface area is 189 Å². The van der Waals surface area contributed by atoms with Gasteiger partial charge in [-0.15, -0.1) is 24.0 Å². The van der Waals surface area contributed by atoms with Gasteiger partial charge < -0.3 is 16.0 Å². The van der Waals surface area contributed by atoms with Gasteiger partial charge in [0.15, 0.2) is 5.96 Å². The second kappa shape index (κ2) is 12.4. The molecule has 0 aliphatic heterocycles. The summed E-state index contributed by atoms with van der Waals surface area (Å²) in [4.78, 5) is 16.3. The standard InChI is InChI=1S/C22H29FN4O.HI/c1-5-16(3)27-21(28)19-9-6-17(7-10-19)13-25-22(24-4)26-14-18-8-11-20(23)15(2)12-18;/h6-12,16H,5,13-14H2,1-4H3,(H,27,28)(H2,24,25,26);1H. The summed E-state index contributed by atoms with van der Waals surface area (Å²) in [6.45, 7) is 6.91. The fourth-order valence-corrected chi connectivity index (χ4v) is 2.59. The number of halogens is 2. The van der Waals surface area contributed by atoms with E-state index in [1.807, 2.05) is 44.2 Å². The van der Waals surface area contributed by atoms with E-state index < -0.39 is 0 Å². The van der Waals surface area contributed by atoms with Crippen molar-refractivity contribution in [3.63, 3.8) is 0 Å². The summed E-state index contributed by atoms with van der Waals surface area (Å²) in [6, 6.07) is 12.7. The van der Waals surface area contributed by atoms with Crippen LogP contribution in [0.1, 0.15) is 47.3 Å². The quantitative estimate of drug-likeness (QED) is 0.297. The minimum absolute atomic E-state index is 0. The molecule has 0 heterocycles. The van der Waals surface area contributed by atoms with Gasteiger partial charge in [-0.05, 0) is 55.2 Å². The van der Waals surface area contributed by atoms with Gasteiger partial charge in [0.1, 0.15) is 5.82 Å². The monoisotopic (exact) mass is 512 g/mol. The van der Waals surface area contributed by atoms with E-state index in [-0.39, 0.29) is 41.7 Å². The van der Waals surface area contributed by atoms with Gasteiger partial charge in [0.05, 0.1) is 0 Å². The molecule has 3 N–H and O–H groups in total. The molecule has 1 amide bonds. The van der Waals surface area contributed by atoms with E-state index in [4.69, 9.17) is 0 Å². The molecular formula is C22H30FIN4O. The van der Waals surface area contributed by atoms with Crippen LogP contribution in [0, 0.1) is 12.7 Å². The highest BCUT2D eigenvalue weighted by Crippen LogP contribution is 2.09. The van der Waals surface area contributed by atoms with Crippen LogP contribution in [0.4, 0.5) is 4.39 Å². The van der Waals surface area contributed by atoms with E-state index in [0.29, 0.717) is 30.2 Å². The number of carbonyl (C=O) groups excluding carboxylic acids is 1. The van der Waals surface area contributed by atoms with Crippen LogP contribution in [0.2, 0.25) is 0 Å². The number of nitrogens with one attached hydrogen (secondary N) is 3. The zero-order valence-corrected chi connectivity index (χ0v) is 19.7. The second-order valence-corrected chi connectivity index (χ2v) is 6.84. The Balaban J connectivity index is 0.00000420. The molecule has 0 radical (unpaired) electrons. The molecular weight excluding hydrogens is 482 g/mol. The van der Waals surface area contributed by atoms with Crippen LogP contribution in [0.25, 0.3) is 0 Å². The van der Waals surface area contributed by atoms with E-state index in [1.165, 1.54) is 6.07 Å². The van der Waals surface area contributed by atoms with Gasteiger partial charge in [-0.1, -0.05) is 31.2 Å². The summed E-state index contributed by atoms with van der Waals surface area (Å²) in [5.74, 6) is 0.397. The maximum Gasteiger partial charge on any atom is 0.251 e. The first-order chi connectivity index (χ1) is 13.4. The molecule has 158 valence electrons. The number of hydrogen-bond acceptors (Lipinski definition) is 2. The lowest BCUT2D eigenvalue weighted by Gasteiger charge is -2.13. The largest absolute Gasteiger partial charge is 0.352 e. The highest BCUT2D eigenvalue weighted by Gasteiger charge is 2.08. The zero-order chi connectivity index (χ0) is 20.5. The Morgan fingerprint density at radius 3 is 2.21 bits per heavy atom. The second-order valence-electron chi connectivity index (χ2n) is 6.84. The van der Waals surface area contributed by atoms with Gasteiger partial charge in [0.25, 0.3) is 5.91 Å². The number of nitrogens with zero attached hydrogens (tertiary/aromatic N) is 1. The maximum absolute atomic E-state index is 13.3. The molecule has 0 saturated heterocycles. The van der Waals surface area contributed by atoms with Crippen molar-refractivity contribution in [2.75, 3.05) is 7.05 Å². The van der Waals surface area contributed by atoms with Crippen molar-refractivity contribution >= 4 is 35.8 Å². The first-order valence-corrected chi connectivity index (χ1v) is 9.52. The Bertz CT molecular complexity index is 824. The van der Waals surface area contributed by atoms with Gasteiger partial charge in [0.2, 0.25) is 0 Å². The molecule has 0 bridgehead atoms. The van der Waals surface area contributed by atoms with Crippen LogP contribution in [0.15, 0.2) is 47.5 Å². The number of rotatable bonds is 7. The number of amides is 1. The Morgan fingerprint density at radius 1 is 1.07 bits per heavy atom.